The molecule has 4 heteroatoms. The molecule has 0 radical (unpaired) electrons. The second-order valence-electron chi connectivity index (χ2n) is 4.28. The molecule has 88 valence electrons. The van der Waals surface area contributed by atoms with Crippen LogP contribution in [-0.4, -0.2) is 23.2 Å². The smallest absolute Gasteiger partial charge is 0.254 e. The molecule has 1 aromatic heterocycles. The van der Waals surface area contributed by atoms with Gasteiger partial charge < -0.3 is 9.72 Å². The average Bonchev–Trinajstić information content (AvgIpc) is 2.30. The first-order chi connectivity index (χ1) is 7.72. The van der Waals surface area contributed by atoms with E-state index in [4.69, 9.17) is 4.74 Å². The van der Waals surface area contributed by atoms with Crippen LogP contribution >= 0.6 is 0 Å². The lowest BCUT2D eigenvalue weighted by Crippen LogP contribution is -2.24. The standard InChI is InChI=1S/C12H18N2O2/c1-3-10-8(2)13-11(14-12(10)15)9-5-4-6-16-7-9/h9H,3-7H2,1-2H3,(H,13,14,15). The highest BCUT2D eigenvalue weighted by Gasteiger charge is 2.19. The molecule has 0 amide bonds. The van der Waals surface area contributed by atoms with Crippen molar-refractivity contribution in [3.63, 3.8) is 0 Å². The summed E-state index contributed by atoms with van der Waals surface area (Å²) in [4.78, 5) is 19.2. The first kappa shape index (κ1) is 11.3. The quantitative estimate of drug-likeness (QED) is 0.825. The molecule has 0 aliphatic carbocycles. The van der Waals surface area contributed by atoms with E-state index in [1.165, 1.54) is 0 Å². The van der Waals surface area contributed by atoms with E-state index in [2.05, 4.69) is 9.97 Å². The molecule has 2 heterocycles. The molecule has 1 saturated heterocycles. The molecule has 1 aromatic rings. The van der Waals surface area contributed by atoms with E-state index in [1.54, 1.807) is 0 Å². The van der Waals surface area contributed by atoms with Crippen LogP contribution in [0.5, 0.6) is 0 Å². The highest BCUT2D eigenvalue weighted by molar-refractivity contribution is 5.17. The maximum atomic E-state index is 11.8. The maximum Gasteiger partial charge on any atom is 0.254 e. The van der Waals surface area contributed by atoms with Crippen LogP contribution in [0.4, 0.5) is 0 Å². The Hall–Kier alpha value is -1.16. The molecule has 1 unspecified atom stereocenters. The fourth-order valence-electron chi connectivity index (χ4n) is 2.20. The second-order valence-corrected chi connectivity index (χ2v) is 4.28. The SMILES string of the molecule is CCc1c(C)nc(C2CCCOC2)[nH]c1=O. The zero-order valence-corrected chi connectivity index (χ0v) is 9.88. The minimum atomic E-state index is 0.00979. The van der Waals surface area contributed by atoms with Crippen LogP contribution in [0.2, 0.25) is 0 Å². The van der Waals surface area contributed by atoms with Gasteiger partial charge in [-0.3, -0.25) is 4.79 Å². The summed E-state index contributed by atoms with van der Waals surface area (Å²) in [5, 5.41) is 0. The van der Waals surface area contributed by atoms with Crippen LogP contribution in [-0.2, 0) is 11.2 Å². The third-order valence-corrected chi connectivity index (χ3v) is 3.14. The summed E-state index contributed by atoms with van der Waals surface area (Å²) in [6.07, 6.45) is 2.83. The molecule has 0 saturated carbocycles. The van der Waals surface area contributed by atoms with Gasteiger partial charge in [0.15, 0.2) is 0 Å². The van der Waals surface area contributed by atoms with E-state index in [-0.39, 0.29) is 11.5 Å². The predicted octanol–water partition coefficient (Wildman–Crippen LogP) is 1.53. The van der Waals surface area contributed by atoms with Crippen molar-refractivity contribution in [2.45, 2.75) is 39.0 Å². The van der Waals surface area contributed by atoms with Gasteiger partial charge in [-0.25, -0.2) is 4.98 Å². The van der Waals surface area contributed by atoms with Gasteiger partial charge in [0.25, 0.3) is 5.56 Å². The summed E-state index contributed by atoms with van der Waals surface area (Å²) in [7, 11) is 0. The van der Waals surface area contributed by atoms with Gasteiger partial charge in [-0.2, -0.15) is 0 Å². The minimum Gasteiger partial charge on any atom is -0.381 e. The van der Waals surface area contributed by atoms with Crippen molar-refractivity contribution < 1.29 is 4.74 Å². The van der Waals surface area contributed by atoms with Crippen LogP contribution < -0.4 is 5.56 Å². The summed E-state index contributed by atoms with van der Waals surface area (Å²) in [5.41, 5.74) is 1.66. The monoisotopic (exact) mass is 222 g/mol. The van der Waals surface area contributed by atoms with Gasteiger partial charge in [-0.15, -0.1) is 0 Å². The van der Waals surface area contributed by atoms with E-state index < -0.39 is 0 Å². The molecule has 16 heavy (non-hydrogen) atoms. The van der Waals surface area contributed by atoms with Crippen LogP contribution in [0.3, 0.4) is 0 Å². The Bertz CT molecular complexity index is 420. The molecule has 0 bridgehead atoms. The fourth-order valence-corrected chi connectivity index (χ4v) is 2.20. The predicted molar refractivity (Wildman–Crippen MR) is 61.8 cm³/mol. The van der Waals surface area contributed by atoms with Gasteiger partial charge >= 0.3 is 0 Å². The van der Waals surface area contributed by atoms with Gasteiger partial charge in [0, 0.05) is 23.8 Å². The van der Waals surface area contributed by atoms with E-state index in [0.29, 0.717) is 6.61 Å². The molecule has 0 spiro atoms. The Balaban J connectivity index is 2.31. The number of nitrogens with one attached hydrogen (secondary N) is 1. The first-order valence-corrected chi connectivity index (χ1v) is 5.89. The number of aryl methyl sites for hydroxylation is 1. The lowest BCUT2D eigenvalue weighted by atomic mass is 10.0. The zero-order valence-electron chi connectivity index (χ0n) is 9.88. The third kappa shape index (κ3) is 2.16. The minimum absolute atomic E-state index is 0.00979. The third-order valence-electron chi connectivity index (χ3n) is 3.14. The summed E-state index contributed by atoms with van der Waals surface area (Å²) >= 11 is 0. The maximum absolute atomic E-state index is 11.8. The Morgan fingerprint density at radius 3 is 2.94 bits per heavy atom. The Morgan fingerprint density at radius 1 is 1.56 bits per heavy atom. The molecular weight excluding hydrogens is 204 g/mol. The lowest BCUT2D eigenvalue weighted by Gasteiger charge is -2.21. The number of aromatic amines is 1. The molecule has 1 fully saturated rings. The Morgan fingerprint density at radius 2 is 2.38 bits per heavy atom. The van der Waals surface area contributed by atoms with Crippen LogP contribution in [0.1, 0.15) is 42.8 Å². The first-order valence-electron chi connectivity index (χ1n) is 5.89. The topological polar surface area (TPSA) is 55.0 Å². The van der Waals surface area contributed by atoms with Crippen molar-refractivity contribution in [3.05, 3.63) is 27.4 Å². The Labute approximate surface area is 95.1 Å². The van der Waals surface area contributed by atoms with E-state index in [9.17, 15) is 4.79 Å². The molecule has 2 rings (SSSR count). The van der Waals surface area contributed by atoms with Gasteiger partial charge in [-0.05, 0) is 26.2 Å². The van der Waals surface area contributed by atoms with Crippen molar-refractivity contribution in [1.82, 2.24) is 9.97 Å². The van der Waals surface area contributed by atoms with E-state index >= 15 is 0 Å². The molecule has 1 aliphatic rings. The zero-order chi connectivity index (χ0) is 11.5. The van der Waals surface area contributed by atoms with E-state index in [0.717, 1.165) is 43.0 Å². The lowest BCUT2D eigenvalue weighted by molar-refractivity contribution is 0.0779. The number of hydrogen-bond donors (Lipinski definition) is 1. The molecule has 4 nitrogen and oxygen atoms in total. The van der Waals surface area contributed by atoms with Crippen molar-refractivity contribution in [2.24, 2.45) is 0 Å². The molecule has 1 aliphatic heterocycles. The van der Waals surface area contributed by atoms with Crippen molar-refractivity contribution in [2.75, 3.05) is 13.2 Å². The normalized spacial score (nSPS) is 21.0. The largest absolute Gasteiger partial charge is 0.381 e. The number of hydrogen-bond acceptors (Lipinski definition) is 3. The van der Waals surface area contributed by atoms with Crippen molar-refractivity contribution in [1.29, 1.82) is 0 Å². The number of rotatable bonds is 2. The molecule has 1 N–H and O–H groups in total. The number of ether oxygens (including phenoxy) is 1. The number of H-pyrrole nitrogens is 1. The van der Waals surface area contributed by atoms with Gasteiger partial charge in [-0.1, -0.05) is 6.92 Å². The number of nitrogens with zero attached hydrogens (tertiary/aromatic N) is 1. The summed E-state index contributed by atoms with van der Waals surface area (Å²) < 4.78 is 5.41. The molecule has 0 aromatic carbocycles. The summed E-state index contributed by atoms with van der Waals surface area (Å²) in [6, 6.07) is 0. The van der Waals surface area contributed by atoms with Crippen LogP contribution in [0.25, 0.3) is 0 Å². The van der Waals surface area contributed by atoms with Crippen molar-refractivity contribution >= 4 is 0 Å². The number of aromatic nitrogens is 2. The molecular formula is C12H18N2O2. The molecule has 1 atom stereocenters. The Kier molecular flexibility index (Phi) is 3.39. The van der Waals surface area contributed by atoms with Crippen LogP contribution in [0.15, 0.2) is 4.79 Å². The van der Waals surface area contributed by atoms with Crippen LogP contribution in [0, 0.1) is 6.92 Å². The summed E-state index contributed by atoms with van der Waals surface area (Å²) in [6.45, 7) is 5.38. The highest BCUT2D eigenvalue weighted by Crippen LogP contribution is 2.22. The van der Waals surface area contributed by atoms with Gasteiger partial charge in [0.1, 0.15) is 5.82 Å². The highest BCUT2D eigenvalue weighted by atomic mass is 16.5. The van der Waals surface area contributed by atoms with Gasteiger partial charge in [0.05, 0.1) is 6.61 Å². The second kappa shape index (κ2) is 4.78. The van der Waals surface area contributed by atoms with Gasteiger partial charge in [0.2, 0.25) is 0 Å². The van der Waals surface area contributed by atoms with Crippen molar-refractivity contribution in [3.8, 4) is 0 Å². The fraction of sp³-hybridized carbons (Fsp3) is 0.667. The average molecular weight is 222 g/mol. The van der Waals surface area contributed by atoms with E-state index in [1.807, 2.05) is 13.8 Å². The summed E-state index contributed by atoms with van der Waals surface area (Å²) in [5.74, 6) is 1.05.